The summed E-state index contributed by atoms with van der Waals surface area (Å²) in [6, 6.07) is 9.34. The van der Waals surface area contributed by atoms with E-state index in [-0.39, 0.29) is 5.16 Å². The van der Waals surface area contributed by atoms with Crippen LogP contribution in [0.2, 0.25) is 0 Å². The Labute approximate surface area is 106 Å². The van der Waals surface area contributed by atoms with Crippen LogP contribution < -0.4 is 0 Å². The van der Waals surface area contributed by atoms with Gasteiger partial charge in [0, 0.05) is 19.2 Å². The highest BCUT2D eigenvalue weighted by Crippen LogP contribution is 2.20. The zero-order valence-corrected chi connectivity index (χ0v) is 10.8. The van der Waals surface area contributed by atoms with Crippen LogP contribution in [-0.2, 0) is 16.4 Å². The molecular formula is C12H13N3O2S. The molecule has 0 aliphatic heterocycles. The molecule has 1 aromatic heterocycles. The predicted octanol–water partition coefficient (Wildman–Crippen LogP) is 1.74. The van der Waals surface area contributed by atoms with Crippen molar-refractivity contribution in [3.8, 4) is 6.07 Å². The number of nitriles is 1. The number of imidazole rings is 1. The molecule has 0 fully saturated rings. The molecule has 94 valence electrons. The minimum Gasteiger partial charge on any atom is -0.315 e. The third kappa shape index (κ3) is 2.36. The quantitative estimate of drug-likeness (QED) is 0.787. The summed E-state index contributed by atoms with van der Waals surface area (Å²) >= 11 is 0. The largest absolute Gasteiger partial charge is 0.315 e. The average Bonchev–Trinajstić information content (AvgIpc) is 2.69. The van der Waals surface area contributed by atoms with Gasteiger partial charge in [-0.25, -0.2) is 13.4 Å². The molecule has 0 saturated heterocycles. The van der Waals surface area contributed by atoms with Gasteiger partial charge in [0.2, 0.25) is 15.0 Å². The first-order valence-corrected chi connectivity index (χ1v) is 7.45. The fourth-order valence-corrected chi connectivity index (χ4v) is 2.72. The smallest absolute Gasteiger partial charge is 0.228 e. The number of fused-ring (bicyclic) bond motifs is 1. The Kier molecular flexibility index (Phi) is 3.34. The van der Waals surface area contributed by atoms with E-state index in [9.17, 15) is 8.42 Å². The summed E-state index contributed by atoms with van der Waals surface area (Å²) in [4.78, 5) is 4.15. The van der Waals surface area contributed by atoms with Crippen LogP contribution in [0.3, 0.4) is 0 Å². The molecule has 0 spiro atoms. The number of benzene rings is 1. The second kappa shape index (κ2) is 4.78. The summed E-state index contributed by atoms with van der Waals surface area (Å²) in [6.07, 6.45) is 2.16. The Hall–Kier alpha value is -1.87. The zero-order valence-electron chi connectivity index (χ0n) is 10.00. The molecule has 0 aliphatic rings. The molecule has 0 amide bonds. The fourth-order valence-electron chi connectivity index (χ4n) is 1.87. The van der Waals surface area contributed by atoms with Crippen LogP contribution >= 0.6 is 0 Å². The first kappa shape index (κ1) is 12.6. The van der Waals surface area contributed by atoms with Gasteiger partial charge in [0.15, 0.2) is 0 Å². The third-order valence-electron chi connectivity index (χ3n) is 2.62. The Morgan fingerprint density at radius 3 is 2.78 bits per heavy atom. The molecule has 0 radical (unpaired) electrons. The highest BCUT2D eigenvalue weighted by Gasteiger charge is 2.18. The van der Waals surface area contributed by atoms with Crippen LogP contribution in [0.4, 0.5) is 0 Å². The van der Waals surface area contributed by atoms with E-state index < -0.39 is 9.84 Å². The summed E-state index contributed by atoms with van der Waals surface area (Å²) < 4.78 is 25.1. The Morgan fingerprint density at radius 1 is 1.39 bits per heavy atom. The number of aryl methyl sites for hydroxylation is 1. The number of unbranched alkanes of at least 4 members (excludes halogenated alkanes) is 1. The molecule has 0 aliphatic carbocycles. The number of hydrogen-bond donors (Lipinski definition) is 0. The second-order valence-electron chi connectivity index (χ2n) is 4.07. The van der Waals surface area contributed by atoms with Gasteiger partial charge in [-0.05, 0) is 18.6 Å². The summed E-state index contributed by atoms with van der Waals surface area (Å²) in [7, 11) is -3.36. The van der Waals surface area contributed by atoms with Crippen LogP contribution in [0, 0.1) is 11.3 Å². The van der Waals surface area contributed by atoms with Crippen molar-refractivity contribution in [1.29, 1.82) is 5.26 Å². The van der Waals surface area contributed by atoms with E-state index in [0.717, 1.165) is 11.8 Å². The highest BCUT2D eigenvalue weighted by molar-refractivity contribution is 7.90. The maximum Gasteiger partial charge on any atom is 0.228 e. The summed E-state index contributed by atoms with van der Waals surface area (Å²) in [5.74, 6) is 0. The lowest BCUT2D eigenvalue weighted by atomic mass is 10.3. The lowest BCUT2D eigenvalue weighted by Crippen LogP contribution is -2.09. The number of sulfone groups is 1. The van der Waals surface area contributed by atoms with Crippen molar-refractivity contribution < 1.29 is 8.42 Å². The summed E-state index contributed by atoms with van der Waals surface area (Å²) in [5, 5.41) is 8.62. The van der Waals surface area contributed by atoms with E-state index in [1.54, 1.807) is 10.6 Å². The molecule has 0 saturated carbocycles. The minimum absolute atomic E-state index is 0.0710. The van der Waals surface area contributed by atoms with E-state index in [2.05, 4.69) is 11.1 Å². The maximum atomic E-state index is 11.7. The summed E-state index contributed by atoms with van der Waals surface area (Å²) in [5.41, 5.74) is 1.45. The molecule has 1 heterocycles. The molecule has 1 aromatic carbocycles. The predicted molar refractivity (Wildman–Crippen MR) is 67.7 cm³/mol. The molecule has 5 nitrogen and oxygen atoms in total. The average molecular weight is 263 g/mol. The van der Waals surface area contributed by atoms with Crippen LogP contribution in [0.15, 0.2) is 29.4 Å². The SMILES string of the molecule is CS(=O)(=O)c1nc2ccccc2n1CCCC#N. The van der Waals surface area contributed by atoms with Crippen molar-refractivity contribution in [1.82, 2.24) is 9.55 Å². The molecule has 6 heteroatoms. The molecule has 2 rings (SSSR count). The van der Waals surface area contributed by atoms with Crippen molar-refractivity contribution >= 4 is 20.9 Å². The fraction of sp³-hybridized carbons (Fsp3) is 0.333. The van der Waals surface area contributed by atoms with E-state index >= 15 is 0 Å². The van der Waals surface area contributed by atoms with Crippen LogP contribution in [0.1, 0.15) is 12.8 Å². The Bertz CT molecular complexity index is 710. The highest BCUT2D eigenvalue weighted by atomic mass is 32.2. The molecule has 0 N–H and O–H groups in total. The van der Waals surface area contributed by atoms with Gasteiger partial charge in [-0.15, -0.1) is 0 Å². The van der Waals surface area contributed by atoms with Crippen molar-refractivity contribution in [2.24, 2.45) is 0 Å². The van der Waals surface area contributed by atoms with Gasteiger partial charge < -0.3 is 4.57 Å². The molecule has 0 bridgehead atoms. The van der Waals surface area contributed by atoms with Gasteiger partial charge in [-0.1, -0.05) is 12.1 Å². The first-order valence-electron chi connectivity index (χ1n) is 5.56. The topological polar surface area (TPSA) is 75.8 Å². The number of hydrogen-bond acceptors (Lipinski definition) is 4. The summed E-state index contributed by atoms with van der Waals surface area (Å²) in [6.45, 7) is 0.483. The van der Waals surface area contributed by atoms with Crippen molar-refractivity contribution in [3.63, 3.8) is 0 Å². The number of rotatable bonds is 4. The maximum absolute atomic E-state index is 11.7. The van der Waals surface area contributed by atoms with Crippen molar-refractivity contribution in [2.45, 2.75) is 24.5 Å². The van der Waals surface area contributed by atoms with E-state index in [4.69, 9.17) is 5.26 Å². The standard InChI is InChI=1S/C12H13N3O2S/c1-18(16,17)12-14-10-6-2-3-7-11(10)15(12)9-5-4-8-13/h2-3,6-7H,4-5,9H2,1H3. The van der Waals surface area contributed by atoms with E-state index in [1.165, 1.54) is 0 Å². The normalized spacial score (nSPS) is 11.6. The van der Waals surface area contributed by atoms with Gasteiger partial charge >= 0.3 is 0 Å². The number of aromatic nitrogens is 2. The molecule has 0 unspecified atom stereocenters. The Morgan fingerprint density at radius 2 is 2.11 bits per heavy atom. The van der Waals surface area contributed by atoms with Crippen LogP contribution in [-0.4, -0.2) is 24.2 Å². The van der Waals surface area contributed by atoms with Gasteiger partial charge in [0.1, 0.15) is 0 Å². The molecule has 18 heavy (non-hydrogen) atoms. The van der Waals surface area contributed by atoms with Gasteiger partial charge in [-0.2, -0.15) is 5.26 Å². The molecule has 0 atom stereocenters. The van der Waals surface area contributed by atoms with Gasteiger partial charge in [0.25, 0.3) is 0 Å². The number of nitrogens with zero attached hydrogens (tertiary/aromatic N) is 3. The van der Waals surface area contributed by atoms with Gasteiger partial charge in [-0.3, -0.25) is 0 Å². The monoisotopic (exact) mass is 263 g/mol. The first-order chi connectivity index (χ1) is 8.54. The third-order valence-corrected chi connectivity index (χ3v) is 3.60. The van der Waals surface area contributed by atoms with Crippen molar-refractivity contribution in [2.75, 3.05) is 6.26 Å². The van der Waals surface area contributed by atoms with Crippen LogP contribution in [0.5, 0.6) is 0 Å². The number of para-hydroxylation sites is 2. The van der Waals surface area contributed by atoms with Gasteiger partial charge in [0.05, 0.1) is 17.1 Å². The Balaban J connectivity index is 2.56. The molecule has 2 aromatic rings. The zero-order chi connectivity index (χ0) is 13.2. The lowest BCUT2D eigenvalue weighted by Gasteiger charge is -2.06. The van der Waals surface area contributed by atoms with E-state index in [0.29, 0.717) is 24.9 Å². The molecular weight excluding hydrogens is 250 g/mol. The second-order valence-corrected chi connectivity index (χ2v) is 5.98. The lowest BCUT2D eigenvalue weighted by molar-refractivity contribution is 0.563. The van der Waals surface area contributed by atoms with E-state index in [1.807, 2.05) is 18.2 Å². The minimum atomic E-state index is -3.36. The van der Waals surface area contributed by atoms with Crippen LogP contribution in [0.25, 0.3) is 11.0 Å². The van der Waals surface area contributed by atoms with Crippen molar-refractivity contribution in [3.05, 3.63) is 24.3 Å².